The summed E-state index contributed by atoms with van der Waals surface area (Å²) in [5.41, 5.74) is 4.57. The first-order valence-electron chi connectivity index (χ1n) is 8.54. The Balaban J connectivity index is 2.64. The largest absolute Gasteiger partial charge is 0.497 e. The van der Waals surface area contributed by atoms with Gasteiger partial charge in [0, 0.05) is 0 Å². The lowest BCUT2D eigenvalue weighted by Crippen LogP contribution is -2.34. The number of benzene rings is 2. The van der Waals surface area contributed by atoms with Crippen LogP contribution < -0.4 is 19.8 Å². The van der Waals surface area contributed by atoms with Gasteiger partial charge in [-0.15, -0.1) is 0 Å². The summed E-state index contributed by atoms with van der Waals surface area (Å²) in [4.78, 5) is 0. The van der Waals surface area contributed by atoms with Crippen LogP contribution >= 0.6 is 0 Å². The summed E-state index contributed by atoms with van der Waals surface area (Å²) in [5, 5.41) is 2.35. The SMILES string of the molecule is C=C(CC)c1cccc(OC)c1[Si]c1c(OC)cccc1C(=C)CC. The number of hydrogen-bond acceptors (Lipinski definition) is 2. The van der Waals surface area contributed by atoms with Crippen LogP contribution in [0.4, 0.5) is 0 Å². The highest BCUT2D eigenvalue weighted by atomic mass is 28.2. The van der Waals surface area contributed by atoms with Gasteiger partial charge in [0.1, 0.15) is 21.0 Å². The highest BCUT2D eigenvalue weighted by Gasteiger charge is 2.18. The van der Waals surface area contributed by atoms with Gasteiger partial charge in [0.25, 0.3) is 0 Å². The molecule has 0 atom stereocenters. The molecule has 0 heterocycles. The Labute approximate surface area is 154 Å². The van der Waals surface area contributed by atoms with E-state index in [1.165, 1.54) is 21.5 Å². The fraction of sp³-hybridized carbons (Fsp3) is 0.273. The molecule has 0 saturated carbocycles. The predicted molar refractivity (Wildman–Crippen MR) is 110 cm³/mol. The van der Waals surface area contributed by atoms with Gasteiger partial charge in [0.2, 0.25) is 0 Å². The molecule has 2 nitrogen and oxygen atoms in total. The molecule has 0 aliphatic heterocycles. The van der Waals surface area contributed by atoms with E-state index in [0.29, 0.717) is 9.52 Å². The fourth-order valence-corrected chi connectivity index (χ4v) is 4.41. The summed E-state index contributed by atoms with van der Waals surface area (Å²) in [6.07, 6.45) is 1.82. The Kier molecular flexibility index (Phi) is 6.65. The first kappa shape index (κ1) is 19.1. The summed E-state index contributed by atoms with van der Waals surface area (Å²) in [6.45, 7) is 12.7. The van der Waals surface area contributed by atoms with Crippen molar-refractivity contribution in [3.63, 3.8) is 0 Å². The van der Waals surface area contributed by atoms with E-state index in [0.717, 1.165) is 35.5 Å². The lowest BCUT2D eigenvalue weighted by molar-refractivity contribution is 0.417. The molecule has 2 radical (unpaired) electrons. The molecule has 2 aromatic carbocycles. The number of rotatable bonds is 8. The van der Waals surface area contributed by atoms with E-state index >= 15 is 0 Å². The Hall–Kier alpha value is -2.26. The van der Waals surface area contributed by atoms with Gasteiger partial charge in [0.05, 0.1) is 14.2 Å². The van der Waals surface area contributed by atoms with Crippen molar-refractivity contribution in [2.45, 2.75) is 26.7 Å². The summed E-state index contributed by atoms with van der Waals surface area (Å²) in [6, 6.07) is 12.3. The molecule has 3 heteroatoms. The van der Waals surface area contributed by atoms with Crippen molar-refractivity contribution in [2.75, 3.05) is 14.2 Å². The molecule has 0 aromatic heterocycles. The Morgan fingerprint density at radius 2 is 1.20 bits per heavy atom. The molecule has 0 spiro atoms. The van der Waals surface area contributed by atoms with Gasteiger partial charge in [-0.1, -0.05) is 51.3 Å². The van der Waals surface area contributed by atoms with Crippen LogP contribution in [-0.2, 0) is 0 Å². The van der Waals surface area contributed by atoms with E-state index in [4.69, 9.17) is 9.47 Å². The van der Waals surface area contributed by atoms with Crippen molar-refractivity contribution < 1.29 is 9.47 Å². The van der Waals surface area contributed by atoms with Crippen LogP contribution in [0.1, 0.15) is 37.8 Å². The van der Waals surface area contributed by atoms with E-state index in [-0.39, 0.29) is 0 Å². The molecule has 0 unspecified atom stereocenters. The zero-order valence-electron chi connectivity index (χ0n) is 15.6. The van der Waals surface area contributed by atoms with Crippen molar-refractivity contribution in [1.29, 1.82) is 0 Å². The molecule has 130 valence electrons. The second-order valence-electron chi connectivity index (χ2n) is 5.80. The number of ether oxygens (including phenoxy) is 2. The zero-order valence-corrected chi connectivity index (χ0v) is 16.6. The summed E-state index contributed by atoms with van der Waals surface area (Å²) in [7, 11) is 3.84. The van der Waals surface area contributed by atoms with Crippen LogP contribution in [0, 0.1) is 0 Å². The molecule has 0 bridgehead atoms. The lowest BCUT2D eigenvalue weighted by Gasteiger charge is -2.19. The van der Waals surface area contributed by atoms with E-state index in [2.05, 4.69) is 39.1 Å². The van der Waals surface area contributed by atoms with Crippen molar-refractivity contribution in [3.8, 4) is 11.5 Å². The highest BCUT2D eigenvalue weighted by molar-refractivity contribution is 6.70. The van der Waals surface area contributed by atoms with Gasteiger partial charge in [-0.05, 0) is 57.6 Å². The van der Waals surface area contributed by atoms with E-state index in [1.807, 2.05) is 24.3 Å². The van der Waals surface area contributed by atoms with Crippen molar-refractivity contribution in [2.24, 2.45) is 0 Å². The summed E-state index contributed by atoms with van der Waals surface area (Å²) in [5.74, 6) is 1.79. The molecule has 25 heavy (non-hydrogen) atoms. The average molecular weight is 351 g/mol. The molecular formula is C22H26O2Si. The average Bonchev–Trinajstić information content (AvgIpc) is 2.66. The Morgan fingerprint density at radius 1 is 0.800 bits per heavy atom. The first-order chi connectivity index (χ1) is 12.1. The van der Waals surface area contributed by atoms with Gasteiger partial charge >= 0.3 is 0 Å². The molecule has 0 fully saturated rings. The third-order valence-corrected chi connectivity index (χ3v) is 5.89. The highest BCUT2D eigenvalue weighted by Crippen LogP contribution is 2.22. The predicted octanol–water partition coefficient (Wildman–Crippen LogP) is 4.21. The lowest BCUT2D eigenvalue weighted by atomic mass is 10.0. The molecular weight excluding hydrogens is 324 g/mol. The summed E-state index contributed by atoms with van der Waals surface area (Å²) < 4.78 is 11.3. The quantitative estimate of drug-likeness (QED) is 0.664. The van der Waals surface area contributed by atoms with Gasteiger partial charge in [-0.3, -0.25) is 0 Å². The third-order valence-electron chi connectivity index (χ3n) is 4.36. The summed E-state index contributed by atoms with van der Waals surface area (Å²) >= 11 is 0. The van der Waals surface area contributed by atoms with Gasteiger partial charge < -0.3 is 9.47 Å². The van der Waals surface area contributed by atoms with E-state index < -0.39 is 0 Å². The van der Waals surface area contributed by atoms with E-state index in [1.54, 1.807) is 14.2 Å². The minimum absolute atomic E-state index is 0.406. The molecule has 2 rings (SSSR count). The second-order valence-corrected chi connectivity index (χ2v) is 7.05. The van der Waals surface area contributed by atoms with Crippen LogP contribution in [0.5, 0.6) is 11.5 Å². The number of methoxy groups -OCH3 is 2. The third kappa shape index (κ3) is 4.05. The maximum absolute atomic E-state index is 5.66. The molecule has 0 aliphatic rings. The van der Waals surface area contributed by atoms with Crippen LogP contribution in [0.15, 0.2) is 49.6 Å². The first-order valence-corrected chi connectivity index (χ1v) is 9.54. The van der Waals surface area contributed by atoms with Crippen LogP contribution in [-0.4, -0.2) is 23.7 Å². The standard InChI is InChI=1S/C22H26O2Si/c1-7-15(3)17-11-9-13-19(23-5)21(17)25-22-18(16(4)8-2)12-10-14-20(22)24-6/h9-14H,3-4,7-8H2,1-2,5-6H3. The van der Waals surface area contributed by atoms with Gasteiger partial charge in [-0.25, -0.2) is 0 Å². The van der Waals surface area contributed by atoms with Crippen molar-refractivity contribution in [3.05, 3.63) is 60.7 Å². The maximum Gasteiger partial charge on any atom is 0.133 e. The smallest absolute Gasteiger partial charge is 0.133 e. The zero-order chi connectivity index (χ0) is 18.4. The number of hydrogen-bond donors (Lipinski definition) is 0. The molecule has 2 aromatic rings. The van der Waals surface area contributed by atoms with Gasteiger partial charge in [-0.2, -0.15) is 0 Å². The number of allylic oxidation sites excluding steroid dienone is 2. The Bertz CT molecular complexity index is 712. The fourth-order valence-electron chi connectivity index (χ4n) is 2.76. The normalized spacial score (nSPS) is 10.4. The van der Waals surface area contributed by atoms with Crippen LogP contribution in [0.3, 0.4) is 0 Å². The minimum atomic E-state index is 0.406. The van der Waals surface area contributed by atoms with Crippen LogP contribution in [0.25, 0.3) is 11.1 Å². The molecule has 0 aliphatic carbocycles. The topological polar surface area (TPSA) is 18.5 Å². The van der Waals surface area contributed by atoms with E-state index in [9.17, 15) is 0 Å². The van der Waals surface area contributed by atoms with Gasteiger partial charge in [0.15, 0.2) is 0 Å². The van der Waals surface area contributed by atoms with Crippen molar-refractivity contribution >= 4 is 31.0 Å². The maximum atomic E-state index is 5.66. The van der Waals surface area contributed by atoms with Crippen molar-refractivity contribution in [1.82, 2.24) is 0 Å². The molecule has 0 N–H and O–H groups in total. The minimum Gasteiger partial charge on any atom is -0.497 e. The monoisotopic (exact) mass is 350 g/mol. The second kappa shape index (κ2) is 8.72. The van der Waals surface area contributed by atoms with Crippen LogP contribution in [0.2, 0.25) is 0 Å². The Morgan fingerprint density at radius 3 is 1.52 bits per heavy atom. The molecule has 0 saturated heterocycles. The molecule has 0 amide bonds.